The Morgan fingerprint density at radius 2 is 1.96 bits per heavy atom. The average molecular weight is 380 g/mol. The SMILES string of the molecule is COc1cc(F)c(C2CC(=O)N(/C(C=O)=C/C=C(/CO)N(C)C)C2)c(F)c1. The maximum atomic E-state index is 14.3. The van der Waals surface area contributed by atoms with Crippen molar-refractivity contribution in [3.05, 3.63) is 52.9 Å². The molecule has 0 bridgehead atoms. The van der Waals surface area contributed by atoms with Crippen LogP contribution in [-0.2, 0) is 9.59 Å². The number of amides is 1. The number of aliphatic hydroxyl groups excluding tert-OH is 1. The van der Waals surface area contributed by atoms with Crippen molar-refractivity contribution in [3.63, 3.8) is 0 Å². The summed E-state index contributed by atoms with van der Waals surface area (Å²) in [4.78, 5) is 26.6. The van der Waals surface area contributed by atoms with E-state index in [4.69, 9.17) is 4.74 Å². The lowest BCUT2D eigenvalue weighted by molar-refractivity contribution is -0.127. The fourth-order valence-corrected chi connectivity index (χ4v) is 2.94. The summed E-state index contributed by atoms with van der Waals surface area (Å²) in [5, 5.41) is 9.29. The molecule has 1 atom stereocenters. The monoisotopic (exact) mass is 380 g/mol. The van der Waals surface area contributed by atoms with Crippen LogP contribution in [0.1, 0.15) is 17.9 Å². The van der Waals surface area contributed by atoms with Gasteiger partial charge in [-0.2, -0.15) is 0 Å². The van der Waals surface area contributed by atoms with Gasteiger partial charge in [0, 0.05) is 56.4 Å². The Bertz CT molecular complexity index is 767. The van der Waals surface area contributed by atoms with Crippen molar-refractivity contribution in [1.82, 2.24) is 9.80 Å². The highest BCUT2D eigenvalue weighted by Crippen LogP contribution is 2.35. The maximum absolute atomic E-state index is 14.3. The predicted molar refractivity (Wildman–Crippen MR) is 95.0 cm³/mol. The molecule has 0 radical (unpaired) electrons. The van der Waals surface area contributed by atoms with E-state index in [0.29, 0.717) is 12.0 Å². The van der Waals surface area contributed by atoms with E-state index in [0.717, 1.165) is 12.1 Å². The van der Waals surface area contributed by atoms with Crippen molar-refractivity contribution in [1.29, 1.82) is 0 Å². The molecule has 0 aromatic heterocycles. The van der Waals surface area contributed by atoms with Crippen LogP contribution in [0.15, 0.2) is 35.7 Å². The number of likely N-dealkylation sites (N-methyl/N-ethyl adjacent to an activating group) is 1. The molecule has 1 heterocycles. The van der Waals surface area contributed by atoms with Gasteiger partial charge in [-0.25, -0.2) is 8.78 Å². The number of carbonyl (C=O) groups is 2. The van der Waals surface area contributed by atoms with E-state index in [1.54, 1.807) is 19.0 Å². The van der Waals surface area contributed by atoms with Gasteiger partial charge in [-0.3, -0.25) is 9.59 Å². The fourth-order valence-electron chi connectivity index (χ4n) is 2.94. The molecule has 2 rings (SSSR count). The van der Waals surface area contributed by atoms with E-state index in [9.17, 15) is 23.5 Å². The molecule has 27 heavy (non-hydrogen) atoms. The number of rotatable bonds is 7. The topological polar surface area (TPSA) is 70.1 Å². The summed E-state index contributed by atoms with van der Waals surface area (Å²) in [5.41, 5.74) is 0.395. The largest absolute Gasteiger partial charge is 0.497 e. The van der Waals surface area contributed by atoms with E-state index in [-0.39, 0.29) is 36.6 Å². The Morgan fingerprint density at radius 3 is 2.44 bits per heavy atom. The first-order valence-corrected chi connectivity index (χ1v) is 8.29. The lowest BCUT2D eigenvalue weighted by Crippen LogP contribution is -2.25. The van der Waals surface area contributed by atoms with Crippen molar-refractivity contribution < 1.29 is 28.2 Å². The van der Waals surface area contributed by atoms with Gasteiger partial charge >= 0.3 is 0 Å². The molecule has 1 aromatic rings. The third kappa shape index (κ3) is 4.51. The summed E-state index contributed by atoms with van der Waals surface area (Å²) in [6, 6.07) is 2.13. The zero-order valence-corrected chi connectivity index (χ0v) is 15.4. The number of likely N-dealkylation sites (tertiary alicyclic amines) is 1. The Kier molecular flexibility index (Phi) is 6.68. The zero-order valence-electron chi connectivity index (χ0n) is 15.4. The number of aliphatic hydroxyl groups is 1. The molecule has 1 amide bonds. The number of hydrogen-bond donors (Lipinski definition) is 1. The second-order valence-electron chi connectivity index (χ2n) is 6.33. The normalized spacial score (nSPS) is 18.1. The number of allylic oxidation sites excluding steroid dienone is 3. The molecule has 1 aliphatic rings. The Hall–Kier alpha value is -2.74. The minimum absolute atomic E-state index is 0.0200. The van der Waals surface area contributed by atoms with Crippen LogP contribution in [0.3, 0.4) is 0 Å². The van der Waals surface area contributed by atoms with Gasteiger partial charge in [0.2, 0.25) is 5.91 Å². The lowest BCUT2D eigenvalue weighted by atomic mass is 9.97. The molecular weight excluding hydrogens is 358 g/mol. The number of aldehydes is 1. The van der Waals surface area contributed by atoms with Crippen LogP contribution in [-0.4, -0.2) is 61.5 Å². The number of ether oxygens (including phenoxy) is 1. The second kappa shape index (κ2) is 8.77. The van der Waals surface area contributed by atoms with Gasteiger partial charge in [-0.05, 0) is 12.2 Å². The maximum Gasteiger partial charge on any atom is 0.227 e. The first kappa shape index (κ1) is 20.6. The molecular formula is C19H22F2N2O4. The summed E-state index contributed by atoms with van der Waals surface area (Å²) in [7, 11) is 4.75. The van der Waals surface area contributed by atoms with E-state index < -0.39 is 23.5 Å². The van der Waals surface area contributed by atoms with Gasteiger partial charge < -0.3 is 19.6 Å². The average Bonchev–Trinajstić information content (AvgIpc) is 2.98. The van der Waals surface area contributed by atoms with Gasteiger partial charge in [-0.15, -0.1) is 0 Å². The van der Waals surface area contributed by atoms with E-state index >= 15 is 0 Å². The minimum Gasteiger partial charge on any atom is -0.497 e. The number of methoxy groups -OCH3 is 1. The van der Waals surface area contributed by atoms with Crippen LogP contribution in [0.4, 0.5) is 8.78 Å². The smallest absolute Gasteiger partial charge is 0.227 e. The van der Waals surface area contributed by atoms with Gasteiger partial charge in [0.25, 0.3) is 0 Å². The quantitative estimate of drug-likeness (QED) is 0.444. The fraction of sp³-hybridized carbons (Fsp3) is 0.368. The number of halogens is 2. The highest BCUT2D eigenvalue weighted by Gasteiger charge is 2.35. The van der Waals surface area contributed by atoms with Gasteiger partial charge in [0.15, 0.2) is 6.29 Å². The molecule has 6 nitrogen and oxygen atoms in total. The summed E-state index contributed by atoms with van der Waals surface area (Å²) < 4.78 is 33.4. The molecule has 8 heteroatoms. The van der Waals surface area contributed by atoms with E-state index in [2.05, 4.69) is 0 Å². The molecule has 1 N–H and O–H groups in total. The first-order valence-electron chi connectivity index (χ1n) is 8.29. The minimum atomic E-state index is -0.793. The van der Waals surface area contributed by atoms with Crippen molar-refractivity contribution in [2.45, 2.75) is 12.3 Å². The van der Waals surface area contributed by atoms with Gasteiger partial charge in [0.05, 0.1) is 19.4 Å². The molecule has 0 spiro atoms. The molecule has 146 valence electrons. The van der Waals surface area contributed by atoms with Gasteiger partial charge in [0.1, 0.15) is 17.4 Å². The Balaban J connectivity index is 2.30. The number of nitrogens with zero attached hydrogens (tertiary/aromatic N) is 2. The second-order valence-corrected chi connectivity index (χ2v) is 6.33. The molecule has 1 saturated heterocycles. The third-order valence-electron chi connectivity index (χ3n) is 4.44. The van der Waals surface area contributed by atoms with Crippen molar-refractivity contribution in [3.8, 4) is 5.75 Å². The van der Waals surface area contributed by atoms with Crippen molar-refractivity contribution in [2.75, 3.05) is 34.4 Å². The standard InChI is InChI=1S/C19H22F2N2O4/c1-22(2)13(10-24)4-5-14(11-25)23-9-12(6-18(23)26)19-16(20)7-15(27-3)8-17(19)21/h4-5,7-8,11-12,24H,6,9-10H2,1-3H3/b13-4-,14-5+. The van der Waals surface area contributed by atoms with Crippen LogP contribution in [0.25, 0.3) is 0 Å². The van der Waals surface area contributed by atoms with Crippen molar-refractivity contribution in [2.24, 2.45) is 0 Å². The molecule has 1 unspecified atom stereocenters. The lowest BCUT2D eigenvalue weighted by Gasteiger charge is -2.18. The summed E-state index contributed by atoms with van der Waals surface area (Å²) in [5.74, 6) is -2.66. The van der Waals surface area contributed by atoms with E-state index in [1.807, 2.05) is 0 Å². The molecule has 0 aliphatic carbocycles. The number of benzene rings is 1. The summed E-state index contributed by atoms with van der Waals surface area (Å²) in [6.07, 6.45) is 3.30. The molecule has 1 aromatic carbocycles. The van der Waals surface area contributed by atoms with Crippen LogP contribution >= 0.6 is 0 Å². The first-order chi connectivity index (χ1) is 12.8. The predicted octanol–water partition coefficient (Wildman–Crippen LogP) is 1.81. The third-order valence-corrected chi connectivity index (χ3v) is 4.44. The summed E-state index contributed by atoms with van der Waals surface area (Å²) >= 11 is 0. The van der Waals surface area contributed by atoms with Crippen LogP contribution in [0.2, 0.25) is 0 Å². The summed E-state index contributed by atoms with van der Waals surface area (Å²) in [6.45, 7) is -0.262. The van der Waals surface area contributed by atoms with Crippen LogP contribution in [0.5, 0.6) is 5.75 Å². The zero-order chi connectivity index (χ0) is 20.1. The van der Waals surface area contributed by atoms with Gasteiger partial charge in [-0.1, -0.05) is 0 Å². The van der Waals surface area contributed by atoms with Crippen LogP contribution < -0.4 is 4.74 Å². The molecule has 1 fully saturated rings. The molecule has 0 saturated carbocycles. The van der Waals surface area contributed by atoms with E-state index in [1.165, 1.54) is 24.2 Å². The highest BCUT2D eigenvalue weighted by atomic mass is 19.1. The number of carbonyl (C=O) groups excluding carboxylic acids is 2. The highest BCUT2D eigenvalue weighted by molar-refractivity contribution is 5.88. The molecule has 1 aliphatic heterocycles. The number of hydrogen-bond acceptors (Lipinski definition) is 5. The Labute approximate surface area is 156 Å². The van der Waals surface area contributed by atoms with Crippen LogP contribution in [0, 0.1) is 11.6 Å². The van der Waals surface area contributed by atoms with Crippen molar-refractivity contribution >= 4 is 12.2 Å². The Morgan fingerprint density at radius 1 is 1.33 bits per heavy atom.